The fourth-order valence-corrected chi connectivity index (χ4v) is 3.02. The number of benzene rings is 3. The summed E-state index contributed by atoms with van der Waals surface area (Å²) in [5, 5.41) is 11.5. The van der Waals surface area contributed by atoms with Gasteiger partial charge in [-0.1, -0.05) is 54.1 Å². The highest BCUT2D eigenvalue weighted by atomic mass is 35.5. The van der Waals surface area contributed by atoms with Crippen LogP contribution in [-0.4, -0.2) is 17.7 Å². The van der Waals surface area contributed by atoms with Crippen molar-refractivity contribution in [1.29, 1.82) is 0 Å². The molecule has 142 valence electrons. The third-order valence-corrected chi connectivity index (χ3v) is 4.58. The molecule has 28 heavy (non-hydrogen) atoms. The van der Waals surface area contributed by atoms with Crippen LogP contribution in [0.3, 0.4) is 0 Å². The molecule has 3 aromatic carbocycles. The number of halogens is 1. The number of nitro benzene ring substituents is 1. The zero-order chi connectivity index (χ0) is 19.9. The van der Waals surface area contributed by atoms with Gasteiger partial charge in [-0.15, -0.1) is 0 Å². The van der Waals surface area contributed by atoms with Crippen molar-refractivity contribution in [1.82, 2.24) is 0 Å². The molecule has 0 aliphatic carbocycles. The summed E-state index contributed by atoms with van der Waals surface area (Å²) in [6.45, 7) is 3.85. The van der Waals surface area contributed by atoms with Gasteiger partial charge in [-0.2, -0.15) is 0 Å². The fraction of sp³-hybridized carbons (Fsp3) is 0.136. The maximum Gasteiger partial charge on any atom is 0.296 e. The summed E-state index contributed by atoms with van der Waals surface area (Å²) in [6, 6.07) is 22.7. The van der Waals surface area contributed by atoms with Crippen LogP contribution in [-0.2, 0) is 6.54 Å². The quantitative estimate of drug-likeness (QED) is 0.280. The number of nitro groups is 1. The third-order valence-electron chi connectivity index (χ3n) is 4.34. The number of nitrogens with zero attached hydrogens (tertiary/aromatic N) is 3. The first-order chi connectivity index (χ1) is 13.6. The lowest BCUT2D eigenvalue weighted by Gasteiger charge is -2.23. The minimum absolute atomic E-state index is 0.111. The molecule has 0 radical (unpaired) electrons. The van der Waals surface area contributed by atoms with E-state index in [9.17, 15) is 10.1 Å². The van der Waals surface area contributed by atoms with Crippen LogP contribution in [0.5, 0.6) is 0 Å². The highest BCUT2D eigenvalue weighted by Crippen LogP contribution is 2.30. The van der Waals surface area contributed by atoms with E-state index < -0.39 is 4.92 Å². The van der Waals surface area contributed by atoms with Crippen LogP contribution in [0.1, 0.15) is 18.1 Å². The van der Waals surface area contributed by atoms with Crippen molar-refractivity contribution in [2.45, 2.75) is 13.5 Å². The third kappa shape index (κ3) is 4.96. The molecule has 0 aliphatic heterocycles. The van der Waals surface area contributed by atoms with Gasteiger partial charge >= 0.3 is 0 Å². The van der Waals surface area contributed by atoms with Crippen molar-refractivity contribution >= 4 is 34.9 Å². The van der Waals surface area contributed by atoms with Gasteiger partial charge in [0.25, 0.3) is 5.69 Å². The largest absolute Gasteiger partial charge is 0.367 e. The summed E-state index contributed by atoms with van der Waals surface area (Å²) in [6.07, 6.45) is 1.62. The number of anilines is 1. The van der Waals surface area contributed by atoms with Crippen LogP contribution in [0, 0.1) is 10.1 Å². The Morgan fingerprint density at radius 1 is 1.07 bits per heavy atom. The Balaban J connectivity index is 1.75. The molecule has 0 unspecified atom stereocenters. The van der Waals surface area contributed by atoms with Crippen LogP contribution >= 0.6 is 11.6 Å². The van der Waals surface area contributed by atoms with Crippen molar-refractivity contribution in [2.24, 2.45) is 4.99 Å². The maximum absolute atomic E-state index is 11.2. The van der Waals surface area contributed by atoms with E-state index in [-0.39, 0.29) is 11.4 Å². The van der Waals surface area contributed by atoms with Crippen LogP contribution in [0.25, 0.3) is 0 Å². The summed E-state index contributed by atoms with van der Waals surface area (Å²) in [5.74, 6) is 0. The molecule has 5 nitrogen and oxygen atoms in total. The SMILES string of the molecule is CCN(Cc1ccccc1)c1ccc(C=Nc2ccc(Cl)cc2[N+](=O)[O-])cc1. The van der Waals surface area contributed by atoms with Crippen molar-refractivity contribution in [3.63, 3.8) is 0 Å². The van der Waals surface area contributed by atoms with E-state index >= 15 is 0 Å². The molecule has 0 amide bonds. The summed E-state index contributed by atoms with van der Waals surface area (Å²) in [7, 11) is 0. The van der Waals surface area contributed by atoms with E-state index in [1.54, 1.807) is 18.3 Å². The van der Waals surface area contributed by atoms with Gasteiger partial charge in [-0.05, 0) is 42.3 Å². The van der Waals surface area contributed by atoms with Gasteiger partial charge in [0.05, 0.1) is 4.92 Å². The molecule has 0 aliphatic rings. The lowest BCUT2D eigenvalue weighted by Crippen LogP contribution is -2.21. The Morgan fingerprint density at radius 2 is 1.79 bits per heavy atom. The molecule has 0 atom stereocenters. The van der Waals surface area contributed by atoms with Crippen molar-refractivity contribution in [2.75, 3.05) is 11.4 Å². The maximum atomic E-state index is 11.2. The first-order valence-corrected chi connectivity index (χ1v) is 9.31. The molecule has 0 aromatic heterocycles. The summed E-state index contributed by atoms with van der Waals surface area (Å²) in [5.41, 5.74) is 3.40. The molecule has 3 rings (SSSR count). The first-order valence-electron chi connectivity index (χ1n) is 8.94. The second-order valence-corrected chi connectivity index (χ2v) is 6.68. The molecule has 0 fully saturated rings. The molecule has 0 saturated heterocycles. The lowest BCUT2D eigenvalue weighted by atomic mass is 10.1. The van der Waals surface area contributed by atoms with Crippen molar-refractivity contribution in [3.05, 3.63) is 99.1 Å². The average Bonchev–Trinajstić information content (AvgIpc) is 2.72. The van der Waals surface area contributed by atoms with E-state index in [1.807, 2.05) is 42.5 Å². The van der Waals surface area contributed by atoms with Crippen LogP contribution in [0.4, 0.5) is 17.1 Å². The molecule has 0 saturated carbocycles. The Hall–Kier alpha value is -3.18. The Kier molecular flexibility index (Phi) is 6.40. The van der Waals surface area contributed by atoms with Crippen molar-refractivity contribution < 1.29 is 4.92 Å². The number of hydrogen-bond acceptors (Lipinski definition) is 4. The van der Waals surface area contributed by atoms with E-state index in [0.717, 1.165) is 24.3 Å². The second kappa shape index (κ2) is 9.15. The average molecular weight is 394 g/mol. The van der Waals surface area contributed by atoms with Gasteiger partial charge in [0.2, 0.25) is 0 Å². The molecule has 0 N–H and O–H groups in total. The van der Waals surface area contributed by atoms with Crippen LogP contribution in [0.2, 0.25) is 5.02 Å². The van der Waals surface area contributed by atoms with Gasteiger partial charge in [-0.25, -0.2) is 4.99 Å². The van der Waals surface area contributed by atoms with Gasteiger partial charge in [-0.3, -0.25) is 10.1 Å². The molecular weight excluding hydrogens is 374 g/mol. The van der Waals surface area contributed by atoms with Gasteiger partial charge in [0, 0.05) is 36.1 Å². The highest BCUT2D eigenvalue weighted by molar-refractivity contribution is 6.30. The molecule has 0 bridgehead atoms. The zero-order valence-electron chi connectivity index (χ0n) is 15.5. The predicted molar refractivity (Wildman–Crippen MR) is 115 cm³/mol. The Labute approximate surface area is 169 Å². The van der Waals surface area contributed by atoms with E-state index in [0.29, 0.717) is 5.02 Å². The minimum Gasteiger partial charge on any atom is -0.367 e. The Bertz CT molecular complexity index is 973. The van der Waals surface area contributed by atoms with Crippen LogP contribution < -0.4 is 4.90 Å². The van der Waals surface area contributed by atoms with Gasteiger partial charge in [0.15, 0.2) is 0 Å². The Morgan fingerprint density at radius 3 is 2.43 bits per heavy atom. The first kappa shape index (κ1) is 19.6. The topological polar surface area (TPSA) is 58.7 Å². The molecule has 0 heterocycles. The summed E-state index contributed by atoms with van der Waals surface area (Å²) in [4.78, 5) is 17.2. The number of hydrogen-bond donors (Lipinski definition) is 0. The standard InChI is InChI=1S/C22H20ClN3O2/c1-2-25(16-18-6-4-3-5-7-18)20-11-8-17(9-12-20)15-24-21-13-10-19(23)14-22(21)26(27)28/h3-15H,2,16H2,1H3. The van der Waals surface area contributed by atoms with Gasteiger partial charge < -0.3 is 4.90 Å². The normalized spacial score (nSPS) is 10.9. The molecule has 0 spiro atoms. The lowest BCUT2D eigenvalue weighted by molar-refractivity contribution is -0.384. The second-order valence-electron chi connectivity index (χ2n) is 6.24. The van der Waals surface area contributed by atoms with Crippen molar-refractivity contribution in [3.8, 4) is 0 Å². The van der Waals surface area contributed by atoms with Gasteiger partial charge in [0.1, 0.15) is 5.69 Å². The van der Waals surface area contributed by atoms with E-state index in [4.69, 9.17) is 11.6 Å². The van der Waals surface area contributed by atoms with Crippen LogP contribution in [0.15, 0.2) is 77.8 Å². The van der Waals surface area contributed by atoms with E-state index in [1.165, 1.54) is 11.6 Å². The molecule has 3 aromatic rings. The minimum atomic E-state index is -0.482. The number of aliphatic imine (C=N–C) groups is 1. The molecular formula is C22H20ClN3O2. The predicted octanol–water partition coefficient (Wildman–Crippen LogP) is 6.03. The van der Waals surface area contributed by atoms with E-state index in [2.05, 4.69) is 28.9 Å². The molecule has 6 heteroatoms. The highest BCUT2D eigenvalue weighted by Gasteiger charge is 2.13. The summed E-state index contributed by atoms with van der Waals surface area (Å²) < 4.78 is 0. The fourth-order valence-electron chi connectivity index (χ4n) is 2.86. The number of rotatable bonds is 7. The smallest absolute Gasteiger partial charge is 0.296 e. The zero-order valence-corrected chi connectivity index (χ0v) is 16.2. The monoisotopic (exact) mass is 393 g/mol. The summed E-state index contributed by atoms with van der Waals surface area (Å²) >= 11 is 5.84.